The van der Waals surface area contributed by atoms with E-state index in [1.807, 2.05) is 12.1 Å². The first-order valence-corrected chi connectivity index (χ1v) is 7.58. The highest BCUT2D eigenvalue weighted by atomic mass is 15.1. The Morgan fingerprint density at radius 3 is 2.55 bits per heavy atom. The molecule has 0 unspecified atom stereocenters. The molecule has 2 aromatic heterocycles. The summed E-state index contributed by atoms with van der Waals surface area (Å²) in [7, 11) is 0. The second-order valence-corrected chi connectivity index (χ2v) is 5.46. The molecule has 3 aromatic rings. The third-order valence-electron chi connectivity index (χ3n) is 4.01. The lowest BCUT2D eigenvalue weighted by Crippen LogP contribution is -2.17. The molecule has 0 bridgehead atoms. The second-order valence-electron chi connectivity index (χ2n) is 5.46. The van der Waals surface area contributed by atoms with Gasteiger partial charge in [-0.15, -0.1) is 0 Å². The van der Waals surface area contributed by atoms with Crippen molar-refractivity contribution in [1.82, 2.24) is 15.0 Å². The number of rotatable bonds is 3. The monoisotopic (exact) mass is 291 g/mol. The van der Waals surface area contributed by atoms with E-state index in [1.54, 1.807) is 6.20 Å². The SMILES string of the molecule is c1cnc2ncnc(Nc3ccc(N4CCCC4)cc3)c2c1. The average molecular weight is 291 g/mol. The Morgan fingerprint density at radius 1 is 0.909 bits per heavy atom. The topological polar surface area (TPSA) is 53.9 Å². The van der Waals surface area contributed by atoms with Gasteiger partial charge in [0.25, 0.3) is 0 Å². The third kappa shape index (κ3) is 2.45. The number of nitrogens with one attached hydrogen (secondary N) is 1. The molecule has 0 saturated carbocycles. The highest BCUT2D eigenvalue weighted by molar-refractivity contribution is 5.88. The summed E-state index contributed by atoms with van der Waals surface area (Å²) in [6.07, 6.45) is 5.86. The highest BCUT2D eigenvalue weighted by Crippen LogP contribution is 2.25. The summed E-state index contributed by atoms with van der Waals surface area (Å²) in [5, 5.41) is 4.28. The lowest BCUT2D eigenvalue weighted by atomic mass is 10.2. The summed E-state index contributed by atoms with van der Waals surface area (Å²) in [5.74, 6) is 0.784. The molecular weight excluding hydrogens is 274 g/mol. The smallest absolute Gasteiger partial charge is 0.164 e. The first-order valence-electron chi connectivity index (χ1n) is 7.58. The standard InChI is InChI=1S/C17H17N5/c1-2-11-22(10-1)14-7-5-13(6-8-14)21-17-15-4-3-9-18-16(15)19-12-20-17/h3-9,12H,1-2,10-11H2,(H,18,19,20,21). The van der Waals surface area contributed by atoms with E-state index in [0.717, 1.165) is 30.0 Å². The molecule has 1 aliphatic heterocycles. The number of hydrogen-bond donors (Lipinski definition) is 1. The minimum Gasteiger partial charge on any atom is -0.372 e. The van der Waals surface area contributed by atoms with Crippen molar-refractivity contribution in [2.24, 2.45) is 0 Å². The van der Waals surface area contributed by atoms with Gasteiger partial charge in [-0.1, -0.05) is 0 Å². The summed E-state index contributed by atoms with van der Waals surface area (Å²) in [5.41, 5.74) is 3.01. The fraction of sp³-hybridized carbons (Fsp3) is 0.235. The molecule has 110 valence electrons. The highest BCUT2D eigenvalue weighted by Gasteiger charge is 2.12. The molecule has 5 heteroatoms. The van der Waals surface area contributed by atoms with E-state index >= 15 is 0 Å². The zero-order valence-corrected chi connectivity index (χ0v) is 12.2. The number of benzene rings is 1. The van der Waals surface area contributed by atoms with Crippen LogP contribution in [0.5, 0.6) is 0 Å². The molecule has 1 N–H and O–H groups in total. The number of hydrogen-bond acceptors (Lipinski definition) is 5. The predicted molar refractivity (Wildman–Crippen MR) is 88.5 cm³/mol. The normalized spacial score (nSPS) is 14.5. The van der Waals surface area contributed by atoms with E-state index in [9.17, 15) is 0 Å². The van der Waals surface area contributed by atoms with Crippen LogP contribution in [0.25, 0.3) is 11.0 Å². The number of anilines is 3. The van der Waals surface area contributed by atoms with Crippen LogP contribution in [0.3, 0.4) is 0 Å². The molecule has 3 heterocycles. The summed E-state index contributed by atoms with van der Waals surface area (Å²) in [4.78, 5) is 15.2. The Morgan fingerprint density at radius 2 is 1.73 bits per heavy atom. The second kappa shape index (κ2) is 5.60. The predicted octanol–water partition coefficient (Wildman–Crippen LogP) is 3.37. The van der Waals surface area contributed by atoms with Crippen molar-refractivity contribution in [3.63, 3.8) is 0 Å². The van der Waals surface area contributed by atoms with Crippen LogP contribution in [0.1, 0.15) is 12.8 Å². The maximum Gasteiger partial charge on any atom is 0.164 e. The minimum atomic E-state index is 0.702. The third-order valence-corrected chi connectivity index (χ3v) is 4.01. The van der Waals surface area contributed by atoms with E-state index < -0.39 is 0 Å². The van der Waals surface area contributed by atoms with Gasteiger partial charge in [-0.25, -0.2) is 15.0 Å². The number of aromatic nitrogens is 3. The minimum absolute atomic E-state index is 0.702. The van der Waals surface area contributed by atoms with Crippen LogP contribution in [0.15, 0.2) is 48.9 Å². The molecule has 0 radical (unpaired) electrons. The number of nitrogens with zero attached hydrogens (tertiary/aromatic N) is 4. The van der Waals surface area contributed by atoms with Crippen molar-refractivity contribution in [3.8, 4) is 0 Å². The van der Waals surface area contributed by atoms with E-state index in [1.165, 1.54) is 24.9 Å². The summed E-state index contributed by atoms with van der Waals surface area (Å²) in [6.45, 7) is 2.32. The molecule has 0 atom stereocenters. The molecule has 0 spiro atoms. The van der Waals surface area contributed by atoms with Crippen molar-refractivity contribution in [2.75, 3.05) is 23.3 Å². The van der Waals surface area contributed by atoms with Crippen LogP contribution < -0.4 is 10.2 Å². The van der Waals surface area contributed by atoms with Crippen LogP contribution in [-0.2, 0) is 0 Å². The lowest BCUT2D eigenvalue weighted by molar-refractivity contribution is 0.949. The average Bonchev–Trinajstić information content (AvgIpc) is 3.10. The van der Waals surface area contributed by atoms with Gasteiger partial charge in [-0.3, -0.25) is 0 Å². The van der Waals surface area contributed by atoms with Crippen molar-refractivity contribution in [3.05, 3.63) is 48.9 Å². The number of fused-ring (bicyclic) bond motifs is 1. The summed E-state index contributed by atoms with van der Waals surface area (Å²) in [6, 6.07) is 12.4. The zero-order chi connectivity index (χ0) is 14.8. The van der Waals surface area contributed by atoms with E-state index in [-0.39, 0.29) is 0 Å². The quantitative estimate of drug-likeness (QED) is 0.802. The first kappa shape index (κ1) is 13.0. The maximum atomic E-state index is 4.33. The lowest BCUT2D eigenvalue weighted by Gasteiger charge is -2.18. The molecule has 1 aliphatic rings. The fourth-order valence-electron chi connectivity index (χ4n) is 2.86. The molecule has 4 rings (SSSR count). The van der Waals surface area contributed by atoms with Crippen molar-refractivity contribution in [1.29, 1.82) is 0 Å². The molecule has 1 saturated heterocycles. The summed E-state index contributed by atoms with van der Waals surface area (Å²) >= 11 is 0. The zero-order valence-electron chi connectivity index (χ0n) is 12.2. The Hall–Kier alpha value is -2.69. The molecular formula is C17H17N5. The maximum absolute atomic E-state index is 4.33. The van der Waals surface area contributed by atoms with Crippen molar-refractivity contribution < 1.29 is 0 Å². The largest absolute Gasteiger partial charge is 0.372 e. The van der Waals surface area contributed by atoms with E-state index in [0.29, 0.717) is 5.65 Å². The molecule has 5 nitrogen and oxygen atoms in total. The molecule has 1 fully saturated rings. The Bertz CT molecular complexity index is 773. The van der Waals surface area contributed by atoms with Gasteiger partial charge in [0.1, 0.15) is 12.1 Å². The van der Waals surface area contributed by atoms with Gasteiger partial charge in [0.2, 0.25) is 0 Å². The van der Waals surface area contributed by atoms with E-state index in [2.05, 4.69) is 49.4 Å². The van der Waals surface area contributed by atoms with Crippen LogP contribution >= 0.6 is 0 Å². The van der Waals surface area contributed by atoms with Gasteiger partial charge < -0.3 is 10.2 Å². The van der Waals surface area contributed by atoms with Gasteiger partial charge in [0.15, 0.2) is 5.65 Å². The van der Waals surface area contributed by atoms with Gasteiger partial charge in [-0.05, 0) is 49.2 Å². The fourth-order valence-corrected chi connectivity index (χ4v) is 2.86. The van der Waals surface area contributed by atoms with Crippen molar-refractivity contribution >= 4 is 28.2 Å². The van der Waals surface area contributed by atoms with Crippen LogP contribution in [-0.4, -0.2) is 28.0 Å². The Kier molecular flexibility index (Phi) is 3.31. The van der Waals surface area contributed by atoms with Crippen LogP contribution in [0.2, 0.25) is 0 Å². The van der Waals surface area contributed by atoms with Crippen LogP contribution in [0, 0.1) is 0 Å². The number of pyridine rings is 1. The van der Waals surface area contributed by atoms with E-state index in [4.69, 9.17) is 0 Å². The molecule has 22 heavy (non-hydrogen) atoms. The summed E-state index contributed by atoms with van der Waals surface area (Å²) < 4.78 is 0. The van der Waals surface area contributed by atoms with Gasteiger partial charge in [-0.2, -0.15) is 0 Å². The van der Waals surface area contributed by atoms with Gasteiger partial charge in [0, 0.05) is 30.7 Å². The molecule has 0 aliphatic carbocycles. The Balaban J connectivity index is 1.59. The molecule has 1 aromatic carbocycles. The van der Waals surface area contributed by atoms with Crippen molar-refractivity contribution in [2.45, 2.75) is 12.8 Å². The van der Waals surface area contributed by atoms with Gasteiger partial charge in [0.05, 0.1) is 5.39 Å². The van der Waals surface area contributed by atoms with Crippen LogP contribution in [0.4, 0.5) is 17.2 Å². The van der Waals surface area contributed by atoms with Gasteiger partial charge >= 0.3 is 0 Å². The first-order chi connectivity index (χ1) is 10.9. The Labute approximate surface area is 129 Å². The molecule has 0 amide bonds.